The number of nitrogens with zero attached hydrogens (tertiary/aromatic N) is 1. The van der Waals surface area contributed by atoms with E-state index in [4.69, 9.17) is 4.74 Å². The van der Waals surface area contributed by atoms with Crippen LogP contribution in [-0.4, -0.2) is 21.2 Å². The SMILES string of the molecule is CC1CCC(c2nc(O)c(-c3cccc(F)c3)c(=O)[nH]2)O1. The van der Waals surface area contributed by atoms with Crippen LogP contribution in [0.5, 0.6) is 5.88 Å². The van der Waals surface area contributed by atoms with Gasteiger partial charge in [-0.2, -0.15) is 4.98 Å². The van der Waals surface area contributed by atoms with Gasteiger partial charge in [0.05, 0.1) is 6.10 Å². The average Bonchev–Trinajstić information content (AvgIpc) is 2.85. The summed E-state index contributed by atoms with van der Waals surface area (Å²) in [5, 5.41) is 10.0. The lowest BCUT2D eigenvalue weighted by Crippen LogP contribution is -2.16. The Bertz CT molecular complexity index is 729. The molecule has 2 heterocycles. The number of ether oxygens (including phenoxy) is 1. The fourth-order valence-electron chi connectivity index (χ4n) is 2.54. The molecule has 0 amide bonds. The summed E-state index contributed by atoms with van der Waals surface area (Å²) < 4.78 is 18.9. The van der Waals surface area contributed by atoms with E-state index in [1.165, 1.54) is 18.2 Å². The minimum absolute atomic E-state index is 0.0377. The lowest BCUT2D eigenvalue weighted by molar-refractivity contribution is 0.0498. The van der Waals surface area contributed by atoms with Crippen molar-refractivity contribution < 1.29 is 14.2 Å². The molecule has 1 aliphatic heterocycles. The smallest absolute Gasteiger partial charge is 0.262 e. The Labute approximate surface area is 120 Å². The van der Waals surface area contributed by atoms with Crippen LogP contribution in [0.2, 0.25) is 0 Å². The Hall–Kier alpha value is -2.21. The van der Waals surface area contributed by atoms with Crippen LogP contribution in [0.3, 0.4) is 0 Å². The zero-order chi connectivity index (χ0) is 15.0. The van der Waals surface area contributed by atoms with E-state index in [2.05, 4.69) is 9.97 Å². The quantitative estimate of drug-likeness (QED) is 0.891. The average molecular weight is 290 g/mol. The second-order valence-electron chi connectivity index (χ2n) is 5.17. The third-order valence-electron chi connectivity index (χ3n) is 3.57. The summed E-state index contributed by atoms with van der Waals surface area (Å²) in [7, 11) is 0. The van der Waals surface area contributed by atoms with Crippen LogP contribution in [0, 0.1) is 5.82 Å². The molecule has 0 radical (unpaired) electrons. The summed E-state index contributed by atoms with van der Waals surface area (Å²) in [6, 6.07) is 5.46. The molecule has 0 bridgehead atoms. The zero-order valence-corrected chi connectivity index (χ0v) is 11.5. The normalized spacial score (nSPS) is 21.6. The summed E-state index contributed by atoms with van der Waals surface area (Å²) in [4.78, 5) is 18.8. The summed E-state index contributed by atoms with van der Waals surface area (Å²) in [6.07, 6.45) is 1.40. The Balaban J connectivity index is 2.03. The number of rotatable bonds is 2. The highest BCUT2D eigenvalue weighted by atomic mass is 19.1. The van der Waals surface area contributed by atoms with Crippen LogP contribution >= 0.6 is 0 Å². The second kappa shape index (κ2) is 5.29. The van der Waals surface area contributed by atoms with Gasteiger partial charge in [-0.1, -0.05) is 12.1 Å². The maximum absolute atomic E-state index is 13.2. The predicted molar refractivity (Wildman–Crippen MR) is 74.4 cm³/mol. The number of aromatic hydroxyl groups is 1. The first-order valence-electron chi connectivity index (χ1n) is 6.79. The van der Waals surface area contributed by atoms with E-state index in [0.717, 1.165) is 12.8 Å². The highest BCUT2D eigenvalue weighted by Crippen LogP contribution is 2.32. The van der Waals surface area contributed by atoms with Crippen molar-refractivity contribution in [1.29, 1.82) is 0 Å². The molecule has 0 spiro atoms. The molecule has 6 heteroatoms. The molecule has 21 heavy (non-hydrogen) atoms. The van der Waals surface area contributed by atoms with Gasteiger partial charge in [0, 0.05) is 0 Å². The Morgan fingerprint density at radius 3 is 2.86 bits per heavy atom. The van der Waals surface area contributed by atoms with Crippen molar-refractivity contribution in [2.75, 3.05) is 0 Å². The molecule has 1 aromatic carbocycles. The monoisotopic (exact) mass is 290 g/mol. The molecule has 0 aliphatic carbocycles. The second-order valence-corrected chi connectivity index (χ2v) is 5.17. The Kier molecular flexibility index (Phi) is 3.47. The highest BCUT2D eigenvalue weighted by molar-refractivity contribution is 5.67. The van der Waals surface area contributed by atoms with Gasteiger partial charge in [0.15, 0.2) is 0 Å². The molecule has 1 saturated heterocycles. The molecular formula is C15H15FN2O3. The van der Waals surface area contributed by atoms with Crippen molar-refractivity contribution in [2.45, 2.75) is 32.0 Å². The summed E-state index contributed by atoms with van der Waals surface area (Å²) >= 11 is 0. The van der Waals surface area contributed by atoms with Gasteiger partial charge < -0.3 is 14.8 Å². The van der Waals surface area contributed by atoms with E-state index in [0.29, 0.717) is 5.82 Å². The molecule has 1 fully saturated rings. The summed E-state index contributed by atoms with van der Waals surface area (Å²) in [5.41, 5.74) is -0.260. The number of aromatic nitrogens is 2. The molecule has 1 aromatic heterocycles. The molecule has 2 N–H and O–H groups in total. The van der Waals surface area contributed by atoms with E-state index in [1.54, 1.807) is 6.07 Å². The van der Waals surface area contributed by atoms with Crippen molar-refractivity contribution >= 4 is 0 Å². The largest absolute Gasteiger partial charge is 0.493 e. The van der Waals surface area contributed by atoms with E-state index in [1.807, 2.05) is 6.92 Å². The first-order valence-corrected chi connectivity index (χ1v) is 6.79. The fourth-order valence-corrected chi connectivity index (χ4v) is 2.54. The third-order valence-corrected chi connectivity index (χ3v) is 3.57. The van der Waals surface area contributed by atoms with Crippen molar-refractivity contribution in [1.82, 2.24) is 9.97 Å². The van der Waals surface area contributed by atoms with Crippen LogP contribution in [0.15, 0.2) is 29.1 Å². The van der Waals surface area contributed by atoms with Crippen LogP contribution < -0.4 is 5.56 Å². The Morgan fingerprint density at radius 1 is 1.43 bits per heavy atom. The molecule has 3 rings (SSSR count). The lowest BCUT2D eigenvalue weighted by atomic mass is 10.1. The number of aromatic amines is 1. The van der Waals surface area contributed by atoms with Gasteiger partial charge in [0.1, 0.15) is 23.3 Å². The first kappa shape index (κ1) is 13.8. The van der Waals surface area contributed by atoms with Gasteiger partial charge >= 0.3 is 0 Å². The molecule has 2 aromatic rings. The van der Waals surface area contributed by atoms with Gasteiger partial charge in [0.2, 0.25) is 5.88 Å². The number of nitrogens with one attached hydrogen (secondary N) is 1. The van der Waals surface area contributed by atoms with Crippen LogP contribution in [0.25, 0.3) is 11.1 Å². The van der Waals surface area contributed by atoms with Gasteiger partial charge in [-0.15, -0.1) is 0 Å². The van der Waals surface area contributed by atoms with Crippen molar-refractivity contribution in [3.8, 4) is 17.0 Å². The van der Waals surface area contributed by atoms with Gasteiger partial charge in [0.25, 0.3) is 5.56 Å². The maximum Gasteiger partial charge on any atom is 0.262 e. The van der Waals surface area contributed by atoms with Gasteiger partial charge in [-0.05, 0) is 37.5 Å². The van der Waals surface area contributed by atoms with E-state index in [-0.39, 0.29) is 23.3 Å². The Morgan fingerprint density at radius 2 is 2.24 bits per heavy atom. The fraction of sp³-hybridized carbons (Fsp3) is 0.333. The van der Waals surface area contributed by atoms with E-state index < -0.39 is 17.3 Å². The standard InChI is InChI=1S/C15H15FN2O3/c1-8-5-6-11(21-8)13-17-14(19)12(15(20)18-13)9-3-2-4-10(16)7-9/h2-4,7-8,11H,5-6H2,1H3,(H2,17,18,19,20). The molecule has 2 unspecified atom stereocenters. The first-order chi connectivity index (χ1) is 10.0. The maximum atomic E-state index is 13.2. The van der Waals surface area contributed by atoms with Crippen molar-refractivity contribution in [3.63, 3.8) is 0 Å². The third kappa shape index (κ3) is 2.67. The summed E-state index contributed by atoms with van der Waals surface area (Å²) in [6.45, 7) is 1.94. The number of hydrogen-bond acceptors (Lipinski definition) is 4. The van der Waals surface area contributed by atoms with E-state index >= 15 is 0 Å². The minimum Gasteiger partial charge on any atom is -0.493 e. The number of hydrogen-bond donors (Lipinski definition) is 2. The lowest BCUT2D eigenvalue weighted by Gasteiger charge is -2.12. The van der Waals surface area contributed by atoms with Crippen LogP contribution in [0.4, 0.5) is 4.39 Å². The summed E-state index contributed by atoms with van der Waals surface area (Å²) in [5.74, 6) is -0.590. The molecule has 0 saturated carbocycles. The predicted octanol–water partition coefficient (Wildman–Crippen LogP) is 2.52. The topological polar surface area (TPSA) is 75.2 Å². The van der Waals surface area contributed by atoms with Crippen LogP contribution in [-0.2, 0) is 4.74 Å². The van der Waals surface area contributed by atoms with Crippen molar-refractivity contribution in [3.05, 3.63) is 46.3 Å². The molecule has 110 valence electrons. The molecule has 1 aliphatic rings. The minimum atomic E-state index is -0.508. The number of halogens is 1. The highest BCUT2D eigenvalue weighted by Gasteiger charge is 2.26. The number of benzene rings is 1. The molecule has 5 nitrogen and oxygen atoms in total. The van der Waals surface area contributed by atoms with Crippen molar-refractivity contribution in [2.24, 2.45) is 0 Å². The zero-order valence-electron chi connectivity index (χ0n) is 11.5. The number of H-pyrrole nitrogens is 1. The molecule has 2 atom stereocenters. The van der Waals surface area contributed by atoms with Crippen LogP contribution in [0.1, 0.15) is 31.7 Å². The van der Waals surface area contributed by atoms with E-state index in [9.17, 15) is 14.3 Å². The van der Waals surface area contributed by atoms with Gasteiger partial charge in [-0.3, -0.25) is 4.79 Å². The molecular weight excluding hydrogens is 275 g/mol. The van der Waals surface area contributed by atoms with Gasteiger partial charge in [-0.25, -0.2) is 4.39 Å².